The third-order valence-corrected chi connectivity index (χ3v) is 4.82. The third-order valence-electron chi connectivity index (χ3n) is 4.82. The normalized spacial score (nSPS) is 13.1. The second-order valence-corrected chi connectivity index (χ2v) is 6.92. The molecule has 2 amide bonds. The average Bonchev–Trinajstić information content (AvgIpc) is 3.04. The summed E-state index contributed by atoms with van der Waals surface area (Å²) < 4.78 is 10.6. The molecular formula is C22H24N2O6. The number of carboxylic acid groups (broad SMARTS) is 1. The molecule has 3 rings (SSSR count). The summed E-state index contributed by atoms with van der Waals surface area (Å²) in [7, 11) is 0. The second-order valence-electron chi connectivity index (χ2n) is 6.92. The Balaban J connectivity index is 1.43. The minimum atomic E-state index is -1.19. The zero-order valence-corrected chi connectivity index (χ0v) is 16.6. The number of ether oxygens (including phenoxy) is 2. The molecule has 0 fully saturated rings. The number of carbonyl (C=O) groups excluding carboxylic acids is 2. The van der Waals surface area contributed by atoms with Crippen LogP contribution in [0, 0.1) is 0 Å². The van der Waals surface area contributed by atoms with Crippen molar-refractivity contribution in [2.45, 2.75) is 18.9 Å². The predicted molar refractivity (Wildman–Crippen MR) is 109 cm³/mol. The Morgan fingerprint density at radius 1 is 1.03 bits per heavy atom. The van der Waals surface area contributed by atoms with Crippen molar-refractivity contribution in [2.24, 2.45) is 0 Å². The van der Waals surface area contributed by atoms with Crippen molar-refractivity contribution in [1.82, 2.24) is 10.6 Å². The van der Waals surface area contributed by atoms with Gasteiger partial charge in [-0.05, 0) is 22.3 Å². The van der Waals surface area contributed by atoms with Gasteiger partial charge in [0.1, 0.15) is 6.61 Å². The molecule has 158 valence electrons. The molecule has 0 radical (unpaired) electrons. The fourth-order valence-electron chi connectivity index (χ4n) is 3.50. The van der Waals surface area contributed by atoms with Crippen molar-refractivity contribution in [3.8, 4) is 11.1 Å². The van der Waals surface area contributed by atoms with Crippen LogP contribution in [0.1, 0.15) is 24.0 Å². The molecule has 0 aliphatic heterocycles. The van der Waals surface area contributed by atoms with Crippen molar-refractivity contribution in [1.29, 1.82) is 0 Å². The quantitative estimate of drug-likeness (QED) is 0.544. The molecule has 0 saturated carbocycles. The molecular weight excluding hydrogens is 388 g/mol. The predicted octanol–water partition coefficient (Wildman–Crippen LogP) is 2.13. The fourth-order valence-corrected chi connectivity index (χ4v) is 3.50. The van der Waals surface area contributed by atoms with E-state index < -0.39 is 24.0 Å². The summed E-state index contributed by atoms with van der Waals surface area (Å²) in [6, 6.07) is 15.0. The van der Waals surface area contributed by atoms with E-state index in [4.69, 9.17) is 14.6 Å². The summed E-state index contributed by atoms with van der Waals surface area (Å²) in [5.74, 6) is -1.66. The largest absolute Gasteiger partial charge is 0.480 e. The van der Waals surface area contributed by atoms with Gasteiger partial charge >= 0.3 is 12.1 Å². The number of amides is 2. The lowest BCUT2D eigenvalue weighted by molar-refractivity contribution is -0.143. The highest BCUT2D eigenvalue weighted by atomic mass is 16.5. The first-order valence-electron chi connectivity index (χ1n) is 9.64. The van der Waals surface area contributed by atoms with Gasteiger partial charge in [0.25, 0.3) is 0 Å². The highest BCUT2D eigenvalue weighted by Crippen LogP contribution is 2.44. The van der Waals surface area contributed by atoms with Gasteiger partial charge in [-0.15, -0.1) is 0 Å². The molecule has 1 aliphatic rings. The Kier molecular flexibility index (Phi) is 7.03. The monoisotopic (exact) mass is 412 g/mol. The summed E-state index contributed by atoms with van der Waals surface area (Å²) >= 11 is 0. The van der Waals surface area contributed by atoms with E-state index in [-0.39, 0.29) is 32.3 Å². The lowest BCUT2D eigenvalue weighted by Gasteiger charge is -2.15. The summed E-state index contributed by atoms with van der Waals surface area (Å²) in [4.78, 5) is 34.0. The van der Waals surface area contributed by atoms with E-state index in [1.54, 1.807) is 0 Å². The van der Waals surface area contributed by atoms with E-state index in [0.717, 1.165) is 22.3 Å². The van der Waals surface area contributed by atoms with E-state index in [0.29, 0.717) is 0 Å². The summed E-state index contributed by atoms with van der Waals surface area (Å²) in [6.07, 6.45) is -0.572. The van der Waals surface area contributed by atoms with Crippen molar-refractivity contribution >= 4 is 18.0 Å². The molecule has 0 aromatic heterocycles. The molecule has 0 spiro atoms. The van der Waals surface area contributed by atoms with Crippen LogP contribution < -0.4 is 10.6 Å². The highest BCUT2D eigenvalue weighted by molar-refractivity contribution is 5.82. The summed E-state index contributed by atoms with van der Waals surface area (Å²) in [6.45, 7) is 1.50. The number of carbonyl (C=O) groups is 3. The van der Waals surface area contributed by atoms with Gasteiger partial charge in [-0.3, -0.25) is 4.79 Å². The molecule has 8 heteroatoms. The number of aliphatic carboxylic acids is 1. The number of alkyl carbamates (subject to hydrolysis) is 1. The van der Waals surface area contributed by atoms with Gasteiger partial charge in [0.2, 0.25) is 5.91 Å². The molecule has 2 aromatic carbocycles. The van der Waals surface area contributed by atoms with E-state index in [9.17, 15) is 14.4 Å². The van der Waals surface area contributed by atoms with Crippen LogP contribution in [-0.4, -0.2) is 55.5 Å². The molecule has 0 bridgehead atoms. The lowest BCUT2D eigenvalue weighted by atomic mass is 9.98. The highest BCUT2D eigenvalue weighted by Gasteiger charge is 2.28. The number of fused-ring (bicyclic) bond motifs is 3. The number of benzene rings is 2. The Hall–Kier alpha value is -3.39. The fraction of sp³-hybridized carbons (Fsp3) is 0.318. The molecule has 0 saturated heterocycles. The van der Waals surface area contributed by atoms with Crippen molar-refractivity contribution < 1.29 is 29.0 Å². The average molecular weight is 412 g/mol. The first-order valence-corrected chi connectivity index (χ1v) is 9.64. The molecule has 0 unspecified atom stereocenters. The summed E-state index contributed by atoms with van der Waals surface area (Å²) in [5.41, 5.74) is 4.57. The van der Waals surface area contributed by atoms with Crippen LogP contribution in [-0.2, 0) is 19.1 Å². The number of carboxylic acids is 1. The van der Waals surface area contributed by atoms with Crippen LogP contribution in [0.5, 0.6) is 0 Å². The number of hydrogen-bond donors (Lipinski definition) is 3. The molecule has 0 heterocycles. The van der Waals surface area contributed by atoms with Gasteiger partial charge in [-0.25, -0.2) is 9.59 Å². The van der Waals surface area contributed by atoms with Crippen LogP contribution >= 0.6 is 0 Å². The van der Waals surface area contributed by atoms with Crippen LogP contribution in [0.25, 0.3) is 11.1 Å². The maximum atomic E-state index is 12.0. The zero-order chi connectivity index (χ0) is 21.5. The number of nitrogens with one attached hydrogen (secondary N) is 2. The molecule has 30 heavy (non-hydrogen) atoms. The standard InChI is InChI=1S/C22H24N2O6/c1-14(25)24-20(21(26)27)13-29-11-10-23-22(28)30-12-19-17-8-4-2-6-15(17)16-7-3-5-9-18(16)19/h2-9,19-20H,10-13H2,1H3,(H,23,28)(H,24,25)(H,26,27)/t20-/m1/s1. The van der Waals surface area contributed by atoms with Gasteiger partial charge in [0.05, 0.1) is 13.2 Å². The SMILES string of the molecule is CC(=O)N[C@H](COCCNC(=O)OCC1c2ccccc2-c2ccccc21)C(=O)O. The first kappa shape index (κ1) is 21.3. The van der Waals surface area contributed by atoms with Crippen molar-refractivity contribution in [3.05, 3.63) is 59.7 Å². The van der Waals surface area contributed by atoms with Crippen LogP contribution in [0.2, 0.25) is 0 Å². The number of hydrogen-bond acceptors (Lipinski definition) is 5. The molecule has 8 nitrogen and oxygen atoms in total. The molecule has 2 aromatic rings. The smallest absolute Gasteiger partial charge is 0.407 e. The van der Waals surface area contributed by atoms with E-state index >= 15 is 0 Å². The van der Waals surface area contributed by atoms with Crippen LogP contribution in [0.15, 0.2) is 48.5 Å². The maximum Gasteiger partial charge on any atom is 0.407 e. The van der Waals surface area contributed by atoms with Gasteiger partial charge < -0.3 is 25.2 Å². The van der Waals surface area contributed by atoms with Crippen LogP contribution in [0.3, 0.4) is 0 Å². The molecule has 1 aliphatic carbocycles. The summed E-state index contributed by atoms with van der Waals surface area (Å²) in [5, 5.41) is 13.8. The van der Waals surface area contributed by atoms with E-state index in [1.807, 2.05) is 36.4 Å². The Labute approximate surface area is 174 Å². The van der Waals surface area contributed by atoms with Crippen molar-refractivity contribution in [2.75, 3.05) is 26.4 Å². The van der Waals surface area contributed by atoms with Gasteiger partial charge in [0.15, 0.2) is 6.04 Å². The minimum absolute atomic E-state index is 0.0200. The molecule has 3 N–H and O–H groups in total. The first-order chi connectivity index (χ1) is 14.5. The Morgan fingerprint density at radius 2 is 1.63 bits per heavy atom. The van der Waals surface area contributed by atoms with Gasteiger partial charge in [-0.2, -0.15) is 0 Å². The number of rotatable bonds is 9. The zero-order valence-electron chi connectivity index (χ0n) is 16.6. The third kappa shape index (κ3) is 5.15. The van der Waals surface area contributed by atoms with Crippen molar-refractivity contribution in [3.63, 3.8) is 0 Å². The maximum absolute atomic E-state index is 12.0. The van der Waals surface area contributed by atoms with Gasteiger partial charge in [0, 0.05) is 19.4 Å². The lowest BCUT2D eigenvalue weighted by Crippen LogP contribution is -2.43. The van der Waals surface area contributed by atoms with E-state index in [2.05, 4.69) is 22.8 Å². The Bertz CT molecular complexity index is 884. The van der Waals surface area contributed by atoms with Crippen LogP contribution in [0.4, 0.5) is 4.79 Å². The molecule has 1 atom stereocenters. The topological polar surface area (TPSA) is 114 Å². The van der Waals surface area contributed by atoms with E-state index in [1.165, 1.54) is 6.92 Å². The van der Waals surface area contributed by atoms with Gasteiger partial charge in [-0.1, -0.05) is 48.5 Å². The Morgan fingerprint density at radius 3 is 2.20 bits per heavy atom. The second kappa shape index (κ2) is 9.89. The minimum Gasteiger partial charge on any atom is -0.480 e.